The minimum absolute atomic E-state index is 0.0317. The number of nitrogens with zero attached hydrogens (tertiary/aromatic N) is 1. The standard InChI is InChI=1S/C15H18N2O2/c1-11(16)12-6-7-14(19-2)13(9-12)10-17-8-4-3-5-15(17)18/h3-9,11H,10,16H2,1-2H3. The van der Waals surface area contributed by atoms with Gasteiger partial charge in [0.1, 0.15) is 5.75 Å². The predicted octanol–water partition coefficient (Wildman–Crippen LogP) is 1.92. The Morgan fingerprint density at radius 2 is 2.11 bits per heavy atom. The zero-order chi connectivity index (χ0) is 13.8. The number of hydrogen-bond acceptors (Lipinski definition) is 3. The lowest BCUT2D eigenvalue weighted by Gasteiger charge is -2.13. The molecule has 1 aromatic carbocycles. The summed E-state index contributed by atoms with van der Waals surface area (Å²) < 4.78 is 6.98. The van der Waals surface area contributed by atoms with Gasteiger partial charge in [0.15, 0.2) is 0 Å². The van der Waals surface area contributed by atoms with Gasteiger partial charge in [-0.05, 0) is 30.7 Å². The molecule has 0 aliphatic carbocycles. The van der Waals surface area contributed by atoms with Gasteiger partial charge in [0.05, 0.1) is 13.7 Å². The van der Waals surface area contributed by atoms with Crippen molar-refractivity contribution in [1.29, 1.82) is 0 Å². The van der Waals surface area contributed by atoms with Crippen molar-refractivity contribution < 1.29 is 4.74 Å². The summed E-state index contributed by atoms with van der Waals surface area (Å²) >= 11 is 0. The number of rotatable bonds is 4. The van der Waals surface area contributed by atoms with Gasteiger partial charge in [0, 0.05) is 23.9 Å². The number of benzene rings is 1. The van der Waals surface area contributed by atoms with Gasteiger partial charge in [0.2, 0.25) is 0 Å². The molecule has 0 saturated heterocycles. The molecule has 0 fully saturated rings. The summed E-state index contributed by atoms with van der Waals surface area (Å²) in [7, 11) is 1.62. The smallest absolute Gasteiger partial charge is 0.250 e. The topological polar surface area (TPSA) is 57.2 Å². The Kier molecular flexibility index (Phi) is 4.02. The third kappa shape index (κ3) is 3.03. The van der Waals surface area contributed by atoms with Crippen molar-refractivity contribution in [1.82, 2.24) is 4.57 Å². The van der Waals surface area contributed by atoms with Crippen molar-refractivity contribution in [2.45, 2.75) is 19.5 Å². The second-order valence-electron chi connectivity index (χ2n) is 4.53. The average Bonchev–Trinajstić information content (AvgIpc) is 2.41. The van der Waals surface area contributed by atoms with Gasteiger partial charge in [-0.1, -0.05) is 12.1 Å². The van der Waals surface area contributed by atoms with Crippen molar-refractivity contribution in [3.8, 4) is 5.75 Å². The largest absolute Gasteiger partial charge is 0.496 e. The summed E-state index contributed by atoms with van der Waals surface area (Å²) in [6.45, 7) is 2.41. The van der Waals surface area contributed by atoms with Gasteiger partial charge in [0.25, 0.3) is 5.56 Å². The first-order chi connectivity index (χ1) is 9.11. The molecular weight excluding hydrogens is 240 g/mol. The van der Waals surface area contributed by atoms with Crippen molar-refractivity contribution in [2.75, 3.05) is 7.11 Å². The van der Waals surface area contributed by atoms with Crippen LogP contribution in [0.2, 0.25) is 0 Å². The van der Waals surface area contributed by atoms with Gasteiger partial charge < -0.3 is 15.0 Å². The summed E-state index contributed by atoms with van der Waals surface area (Å²) in [6, 6.07) is 10.9. The molecule has 0 aliphatic heterocycles. The number of pyridine rings is 1. The number of aromatic nitrogens is 1. The van der Waals surface area contributed by atoms with Crippen molar-refractivity contribution in [3.05, 3.63) is 64.1 Å². The Labute approximate surface area is 112 Å². The average molecular weight is 258 g/mol. The van der Waals surface area contributed by atoms with E-state index < -0.39 is 0 Å². The van der Waals surface area contributed by atoms with Crippen LogP contribution < -0.4 is 16.0 Å². The summed E-state index contributed by atoms with van der Waals surface area (Å²) in [5.41, 5.74) is 7.83. The highest BCUT2D eigenvalue weighted by atomic mass is 16.5. The van der Waals surface area contributed by atoms with Crippen molar-refractivity contribution in [3.63, 3.8) is 0 Å². The molecule has 2 N–H and O–H groups in total. The molecule has 0 spiro atoms. The van der Waals surface area contributed by atoms with E-state index in [2.05, 4.69) is 0 Å². The minimum atomic E-state index is -0.0443. The first-order valence-corrected chi connectivity index (χ1v) is 6.19. The monoisotopic (exact) mass is 258 g/mol. The summed E-state index contributed by atoms with van der Waals surface area (Å²) in [5, 5.41) is 0. The fraction of sp³-hybridized carbons (Fsp3) is 0.267. The molecule has 0 saturated carbocycles. The maximum absolute atomic E-state index is 11.7. The van der Waals surface area contributed by atoms with E-state index in [1.165, 1.54) is 0 Å². The van der Waals surface area contributed by atoms with E-state index in [-0.39, 0.29) is 11.6 Å². The lowest BCUT2D eigenvalue weighted by molar-refractivity contribution is 0.408. The molecule has 0 bridgehead atoms. The highest BCUT2D eigenvalue weighted by Gasteiger charge is 2.08. The van der Waals surface area contributed by atoms with Crippen LogP contribution in [0.5, 0.6) is 5.75 Å². The molecule has 1 atom stereocenters. The molecule has 100 valence electrons. The number of methoxy groups -OCH3 is 1. The lowest BCUT2D eigenvalue weighted by Crippen LogP contribution is -2.19. The predicted molar refractivity (Wildman–Crippen MR) is 75.4 cm³/mol. The molecule has 19 heavy (non-hydrogen) atoms. The number of nitrogens with two attached hydrogens (primary N) is 1. The van der Waals surface area contributed by atoms with Crippen LogP contribution >= 0.6 is 0 Å². The van der Waals surface area contributed by atoms with Gasteiger partial charge in [-0.25, -0.2) is 0 Å². The summed E-state index contributed by atoms with van der Waals surface area (Å²) in [5.74, 6) is 0.764. The van der Waals surface area contributed by atoms with Crippen LogP contribution in [-0.4, -0.2) is 11.7 Å². The van der Waals surface area contributed by atoms with E-state index in [9.17, 15) is 4.79 Å². The normalized spacial score (nSPS) is 12.2. The van der Waals surface area contributed by atoms with Crippen LogP contribution in [0.4, 0.5) is 0 Å². The highest BCUT2D eigenvalue weighted by Crippen LogP contribution is 2.23. The van der Waals surface area contributed by atoms with Gasteiger partial charge in [-0.2, -0.15) is 0 Å². The first kappa shape index (κ1) is 13.4. The quantitative estimate of drug-likeness (QED) is 0.911. The zero-order valence-electron chi connectivity index (χ0n) is 11.2. The Bertz CT molecular complexity index is 618. The van der Waals surface area contributed by atoms with Gasteiger partial charge in [-0.15, -0.1) is 0 Å². The zero-order valence-corrected chi connectivity index (χ0v) is 11.2. The second-order valence-corrected chi connectivity index (χ2v) is 4.53. The van der Waals surface area contributed by atoms with E-state index in [0.717, 1.165) is 16.9 Å². The molecule has 0 radical (unpaired) electrons. The van der Waals surface area contributed by atoms with Crippen molar-refractivity contribution in [2.24, 2.45) is 5.73 Å². The summed E-state index contributed by atoms with van der Waals surface area (Å²) in [6.07, 6.45) is 1.76. The van der Waals surface area contributed by atoms with Gasteiger partial charge in [-0.3, -0.25) is 4.79 Å². The van der Waals surface area contributed by atoms with Crippen LogP contribution in [0, 0.1) is 0 Å². The molecule has 1 aromatic heterocycles. The highest BCUT2D eigenvalue weighted by molar-refractivity contribution is 5.38. The second kappa shape index (κ2) is 5.71. The number of hydrogen-bond donors (Lipinski definition) is 1. The van der Waals surface area contributed by atoms with E-state index in [1.807, 2.05) is 31.2 Å². The summed E-state index contributed by atoms with van der Waals surface area (Å²) in [4.78, 5) is 11.7. The molecular formula is C15H18N2O2. The van der Waals surface area contributed by atoms with E-state index in [1.54, 1.807) is 30.0 Å². The lowest BCUT2D eigenvalue weighted by atomic mass is 10.0. The fourth-order valence-corrected chi connectivity index (χ4v) is 1.98. The third-order valence-electron chi connectivity index (χ3n) is 3.07. The Hall–Kier alpha value is -2.07. The van der Waals surface area contributed by atoms with Crippen LogP contribution in [-0.2, 0) is 6.54 Å². The van der Waals surface area contributed by atoms with Crippen LogP contribution in [0.1, 0.15) is 24.1 Å². The SMILES string of the molecule is COc1ccc(C(C)N)cc1Cn1ccccc1=O. The molecule has 2 rings (SSSR count). The van der Waals surface area contributed by atoms with Crippen molar-refractivity contribution >= 4 is 0 Å². The number of ether oxygens (including phenoxy) is 1. The van der Waals surface area contributed by atoms with E-state index in [0.29, 0.717) is 6.54 Å². The van der Waals surface area contributed by atoms with Crippen LogP contribution in [0.15, 0.2) is 47.4 Å². The fourth-order valence-electron chi connectivity index (χ4n) is 1.98. The van der Waals surface area contributed by atoms with E-state index in [4.69, 9.17) is 10.5 Å². The minimum Gasteiger partial charge on any atom is -0.496 e. The molecule has 4 heteroatoms. The van der Waals surface area contributed by atoms with Gasteiger partial charge >= 0.3 is 0 Å². The maximum atomic E-state index is 11.7. The molecule has 2 aromatic rings. The first-order valence-electron chi connectivity index (χ1n) is 6.19. The third-order valence-corrected chi connectivity index (χ3v) is 3.07. The Morgan fingerprint density at radius 1 is 1.32 bits per heavy atom. The van der Waals surface area contributed by atoms with Crippen LogP contribution in [0.3, 0.4) is 0 Å². The van der Waals surface area contributed by atoms with E-state index >= 15 is 0 Å². The molecule has 4 nitrogen and oxygen atoms in total. The van der Waals surface area contributed by atoms with Crippen LogP contribution in [0.25, 0.3) is 0 Å². The Balaban J connectivity index is 2.40. The molecule has 1 heterocycles. The maximum Gasteiger partial charge on any atom is 0.250 e. The molecule has 0 aliphatic rings. The molecule has 1 unspecified atom stereocenters. The molecule has 0 amide bonds. The Morgan fingerprint density at radius 3 is 2.74 bits per heavy atom.